The highest BCUT2D eigenvalue weighted by Gasteiger charge is 2.27. The Morgan fingerprint density at radius 3 is 2.82 bits per heavy atom. The van der Waals surface area contributed by atoms with Crippen LogP contribution < -0.4 is 16.2 Å². The molecule has 1 aliphatic rings. The molecule has 4 heterocycles. The van der Waals surface area contributed by atoms with E-state index >= 15 is 0 Å². The Labute approximate surface area is 186 Å². The highest BCUT2D eigenvalue weighted by Crippen LogP contribution is 2.35. The minimum absolute atomic E-state index is 0.000302. The molecule has 0 amide bonds. The van der Waals surface area contributed by atoms with Crippen LogP contribution in [0.3, 0.4) is 0 Å². The Morgan fingerprint density at radius 2 is 2.06 bits per heavy atom. The topological polar surface area (TPSA) is 142 Å². The number of hydrogen-bond donors (Lipinski definition) is 1. The molecule has 166 valence electrons. The minimum Gasteiger partial charge on any atom is -0.467 e. The number of aryl methyl sites for hydroxylation is 2. The van der Waals surface area contributed by atoms with Crippen LogP contribution in [0.2, 0.25) is 0 Å². The monoisotopic (exact) mass is 447 g/mol. The van der Waals surface area contributed by atoms with Gasteiger partial charge in [-0.2, -0.15) is 10.4 Å². The van der Waals surface area contributed by atoms with Crippen molar-refractivity contribution in [2.75, 3.05) is 5.73 Å². The number of benzene rings is 1. The first-order chi connectivity index (χ1) is 15.8. The van der Waals surface area contributed by atoms with Crippen LogP contribution in [0.1, 0.15) is 30.0 Å². The Balaban J connectivity index is 1.88. The Kier molecular flexibility index (Phi) is 4.49. The second-order valence-electron chi connectivity index (χ2n) is 7.66. The lowest BCUT2D eigenvalue weighted by molar-refractivity contribution is 0.218. The van der Waals surface area contributed by atoms with Gasteiger partial charge in [0.2, 0.25) is 0 Å². The van der Waals surface area contributed by atoms with Gasteiger partial charge in [-0.15, -0.1) is 5.10 Å². The van der Waals surface area contributed by atoms with Gasteiger partial charge < -0.3 is 10.5 Å². The maximum Gasteiger partial charge on any atom is 0.346 e. The number of nitriles is 1. The lowest BCUT2D eigenvalue weighted by atomic mass is 10.0. The molecule has 1 atom stereocenters. The van der Waals surface area contributed by atoms with Crippen LogP contribution in [0.4, 0.5) is 10.2 Å². The number of ether oxygens (including phenoxy) is 1. The van der Waals surface area contributed by atoms with Crippen LogP contribution in [0.25, 0.3) is 22.6 Å². The first-order valence-corrected chi connectivity index (χ1v) is 9.97. The average molecular weight is 447 g/mol. The highest BCUT2D eigenvalue weighted by molar-refractivity contribution is 5.70. The molecule has 0 spiro atoms. The molecule has 12 heteroatoms. The summed E-state index contributed by atoms with van der Waals surface area (Å²) in [4.78, 5) is 21.6. The molecule has 1 unspecified atom stereocenters. The summed E-state index contributed by atoms with van der Waals surface area (Å²) < 4.78 is 24.2. The summed E-state index contributed by atoms with van der Waals surface area (Å²) in [6.45, 7) is 1.71. The minimum atomic E-state index is -0.712. The molecule has 33 heavy (non-hydrogen) atoms. The van der Waals surface area contributed by atoms with Crippen LogP contribution in [0, 0.1) is 17.1 Å². The zero-order valence-corrected chi connectivity index (χ0v) is 17.9. The number of aromatic nitrogens is 7. The molecule has 2 bridgehead atoms. The van der Waals surface area contributed by atoms with Crippen molar-refractivity contribution in [1.29, 1.82) is 5.26 Å². The molecule has 2 N–H and O–H groups in total. The molecule has 4 aromatic rings. The maximum atomic E-state index is 14.2. The largest absolute Gasteiger partial charge is 0.467 e. The third kappa shape index (κ3) is 3.13. The lowest BCUT2D eigenvalue weighted by Gasteiger charge is -2.20. The molecule has 0 aliphatic carbocycles. The van der Waals surface area contributed by atoms with Crippen molar-refractivity contribution < 1.29 is 9.13 Å². The molecule has 11 nitrogen and oxygen atoms in total. The zero-order chi connectivity index (χ0) is 23.4. The van der Waals surface area contributed by atoms with Gasteiger partial charge in [0.1, 0.15) is 23.7 Å². The molecule has 1 aliphatic heterocycles. The van der Waals surface area contributed by atoms with Crippen molar-refractivity contribution >= 4 is 5.82 Å². The SMILES string of the molecule is CC1Oc2nc(cnc2N)-c2c(nn(C)c2C#N)Cn2c(nn(C)c2=O)-c2ccc(F)cc21. The summed E-state index contributed by atoms with van der Waals surface area (Å²) in [5.74, 6) is -0.0850. The van der Waals surface area contributed by atoms with E-state index in [0.717, 1.165) is 0 Å². The van der Waals surface area contributed by atoms with Gasteiger partial charge in [0, 0.05) is 25.2 Å². The first-order valence-electron chi connectivity index (χ1n) is 9.97. The summed E-state index contributed by atoms with van der Waals surface area (Å²) in [5, 5.41) is 18.6. The zero-order valence-electron chi connectivity index (χ0n) is 17.9. The van der Waals surface area contributed by atoms with Gasteiger partial charge in [0.25, 0.3) is 5.88 Å². The van der Waals surface area contributed by atoms with E-state index in [1.54, 1.807) is 20.0 Å². The fourth-order valence-electron chi connectivity index (χ4n) is 3.98. The molecule has 5 rings (SSSR count). The van der Waals surface area contributed by atoms with Crippen molar-refractivity contribution in [3.63, 3.8) is 0 Å². The number of halogens is 1. The first kappa shape index (κ1) is 20.4. The summed E-state index contributed by atoms with van der Waals surface area (Å²) >= 11 is 0. The van der Waals surface area contributed by atoms with E-state index in [1.165, 1.54) is 39.3 Å². The second kappa shape index (κ2) is 7.27. The summed E-state index contributed by atoms with van der Waals surface area (Å²) in [6, 6.07) is 6.28. The van der Waals surface area contributed by atoms with Crippen molar-refractivity contribution in [2.24, 2.45) is 14.1 Å². The number of fused-ring (bicyclic) bond motifs is 7. The van der Waals surface area contributed by atoms with Gasteiger partial charge in [0.15, 0.2) is 11.6 Å². The fourth-order valence-corrected chi connectivity index (χ4v) is 3.98. The number of nitrogens with two attached hydrogens (primary N) is 1. The molecule has 1 aromatic carbocycles. The third-order valence-corrected chi connectivity index (χ3v) is 5.55. The van der Waals surface area contributed by atoms with E-state index in [2.05, 4.69) is 26.2 Å². The van der Waals surface area contributed by atoms with Crippen LogP contribution in [0.15, 0.2) is 29.2 Å². The Morgan fingerprint density at radius 1 is 1.27 bits per heavy atom. The van der Waals surface area contributed by atoms with Crippen LogP contribution >= 0.6 is 0 Å². The number of rotatable bonds is 0. The summed E-state index contributed by atoms with van der Waals surface area (Å²) in [7, 11) is 3.15. The van der Waals surface area contributed by atoms with Gasteiger partial charge in [0.05, 0.1) is 29.7 Å². The lowest BCUT2D eigenvalue weighted by Crippen LogP contribution is -2.24. The number of hydrogen-bond acceptors (Lipinski definition) is 8. The van der Waals surface area contributed by atoms with E-state index < -0.39 is 17.6 Å². The van der Waals surface area contributed by atoms with Gasteiger partial charge >= 0.3 is 5.69 Å². The molecule has 0 saturated carbocycles. The molecule has 0 radical (unpaired) electrons. The van der Waals surface area contributed by atoms with Crippen molar-refractivity contribution in [3.05, 3.63) is 57.6 Å². The normalized spacial score (nSPS) is 14.7. The second-order valence-corrected chi connectivity index (χ2v) is 7.66. The number of anilines is 1. The Bertz CT molecular complexity index is 1530. The van der Waals surface area contributed by atoms with E-state index in [4.69, 9.17) is 10.5 Å². The van der Waals surface area contributed by atoms with Gasteiger partial charge in [-0.05, 0) is 25.1 Å². The van der Waals surface area contributed by atoms with E-state index in [9.17, 15) is 14.4 Å². The molecular weight excluding hydrogens is 429 g/mol. The van der Waals surface area contributed by atoms with E-state index in [1.807, 2.05) is 0 Å². The van der Waals surface area contributed by atoms with Crippen molar-refractivity contribution in [2.45, 2.75) is 19.6 Å². The van der Waals surface area contributed by atoms with Crippen molar-refractivity contribution in [3.8, 4) is 34.6 Å². The standard InChI is InChI=1S/C21H18FN9O2/c1-10-13-6-11(22)4-5-12(13)19-28-30(3)21(32)31(19)9-15-17(16(7-23)29(2)27-15)14-8-25-18(24)20(26-14)33-10/h4-6,8,10H,9H2,1-3H3,(H2,24,25). The number of nitrogen functional groups attached to an aromatic ring is 1. The van der Waals surface area contributed by atoms with Crippen LogP contribution in [-0.4, -0.2) is 34.1 Å². The highest BCUT2D eigenvalue weighted by atomic mass is 19.1. The van der Waals surface area contributed by atoms with Gasteiger partial charge in [-0.1, -0.05) is 0 Å². The number of nitrogens with zero attached hydrogens (tertiary/aromatic N) is 8. The average Bonchev–Trinajstić information content (AvgIpc) is 3.25. The maximum absolute atomic E-state index is 14.2. The Hall–Kier alpha value is -4.53. The fraction of sp³-hybridized carbons (Fsp3) is 0.238. The van der Waals surface area contributed by atoms with Gasteiger partial charge in [-0.25, -0.2) is 23.8 Å². The van der Waals surface area contributed by atoms with Crippen molar-refractivity contribution in [1.82, 2.24) is 34.1 Å². The van der Waals surface area contributed by atoms with E-state index in [0.29, 0.717) is 33.9 Å². The molecular formula is C21H18FN9O2. The quantitative estimate of drug-likeness (QED) is 0.428. The predicted molar refractivity (Wildman–Crippen MR) is 114 cm³/mol. The van der Waals surface area contributed by atoms with Crippen LogP contribution in [-0.2, 0) is 20.6 Å². The van der Waals surface area contributed by atoms with Crippen LogP contribution in [0.5, 0.6) is 5.88 Å². The van der Waals surface area contributed by atoms with E-state index in [-0.39, 0.29) is 23.9 Å². The smallest absolute Gasteiger partial charge is 0.346 e. The van der Waals surface area contributed by atoms with Gasteiger partial charge in [-0.3, -0.25) is 9.25 Å². The predicted octanol–water partition coefficient (Wildman–Crippen LogP) is 1.53. The summed E-state index contributed by atoms with van der Waals surface area (Å²) in [5.41, 5.74) is 7.92. The molecule has 0 fully saturated rings. The summed E-state index contributed by atoms with van der Waals surface area (Å²) in [6.07, 6.45) is 0.705. The third-order valence-electron chi connectivity index (χ3n) is 5.55. The molecule has 3 aromatic heterocycles. The molecule has 0 saturated heterocycles.